The number of aromatic nitrogens is 3. The van der Waals surface area contributed by atoms with Crippen LogP contribution in [0.15, 0.2) is 42.7 Å². The Bertz CT molecular complexity index is 1030. The Morgan fingerprint density at radius 1 is 1.26 bits per heavy atom. The van der Waals surface area contributed by atoms with Gasteiger partial charge in [-0.2, -0.15) is 0 Å². The van der Waals surface area contributed by atoms with E-state index in [9.17, 15) is 4.79 Å². The molecule has 4 rings (SSSR count). The van der Waals surface area contributed by atoms with Gasteiger partial charge in [0.1, 0.15) is 5.82 Å². The lowest BCUT2D eigenvalue weighted by atomic mass is 10.0. The Balaban J connectivity index is 2.22. The van der Waals surface area contributed by atoms with Crippen LogP contribution < -0.4 is 11.1 Å². The Kier molecular flexibility index (Phi) is 2.84. The van der Waals surface area contributed by atoms with Crippen molar-refractivity contribution in [2.75, 3.05) is 12.4 Å². The predicted molar refractivity (Wildman–Crippen MR) is 91.5 cm³/mol. The largest absolute Gasteiger partial charge is 0.387 e. The van der Waals surface area contributed by atoms with Crippen molar-refractivity contribution < 1.29 is 4.79 Å². The maximum absolute atomic E-state index is 12.1. The number of amides is 1. The number of nitrogens with one attached hydrogen (secondary N) is 3. The molecule has 2 heterocycles. The molecule has 6 heteroatoms. The fraction of sp³-hybridized carbons (Fsp3) is 0.0588. The molecule has 2 aromatic carbocycles. The average molecular weight is 305 g/mol. The van der Waals surface area contributed by atoms with Crippen LogP contribution in [0.5, 0.6) is 0 Å². The lowest BCUT2D eigenvalue weighted by molar-refractivity contribution is 0.100. The van der Waals surface area contributed by atoms with E-state index in [0.717, 1.165) is 27.4 Å². The molecule has 0 fully saturated rings. The van der Waals surface area contributed by atoms with Crippen molar-refractivity contribution in [2.24, 2.45) is 5.73 Å². The third-order valence-corrected chi connectivity index (χ3v) is 4.05. The summed E-state index contributed by atoms with van der Waals surface area (Å²) >= 11 is 0. The number of imidazole rings is 1. The highest BCUT2D eigenvalue weighted by molar-refractivity contribution is 6.19. The first-order chi connectivity index (χ1) is 11.2. The van der Waals surface area contributed by atoms with Gasteiger partial charge in [0, 0.05) is 41.3 Å². The fourth-order valence-corrected chi connectivity index (χ4v) is 3.09. The number of carbonyl (C=O) groups excluding carboxylic acids is 1. The summed E-state index contributed by atoms with van der Waals surface area (Å²) in [6.07, 6.45) is 3.43. The number of nitrogens with two attached hydrogens (primary N) is 1. The number of primary amides is 1. The molecule has 0 bridgehead atoms. The number of aromatic amines is 2. The number of fused-ring (bicyclic) bond motifs is 3. The van der Waals surface area contributed by atoms with Crippen molar-refractivity contribution in [3.8, 4) is 11.4 Å². The van der Waals surface area contributed by atoms with Gasteiger partial charge in [0.15, 0.2) is 0 Å². The van der Waals surface area contributed by atoms with Crippen LogP contribution in [-0.4, -0.2) is 27.9 Å². The number of rotatable bonds is 3. The molecule has 23 heavy (non-hydrogen) atoms. The zero-order valence-electron chi connectivity index (χ0n) is 12.5. The molecule has 1 amide bonds. The van der Waals surface area contributed by atoms with E-state index in [4.69, 9.17) is 5.73 Å². The molecular formula is C17H15N5O. The summed E-state index contributed by atoms with van der Waals surface area (Å²) in [4.78, 5) is 22.8. The number of nitrogens with zero attached hydrogens (tertiary/aromatic N) is 1. The van der Waals surface area contributed by atoms with Gasteiger partial charge in [0.05, 0.1) is 16.8 Å². The number of para-hydroxylation sites is 1. The molecule has 0 atom stereocenters. The van der Waals surface area contributed by atoms with E-state index in [0.29, 0.717) is 17.1 Å². The minimum Gasteiger partial charge on any atom is -0.387 e. The van der Waals surface area contributed by atoms with Crippen molar-refractivity contribution in [3.63, 3.8) is 0 Å². The number of carbonyl (C=O) groups is 1. The van der Waals surface area contributed by atoms with Gasteiger partial charge in [-0.1, -0.05) is 18.2 Å². The molecule has 0 saturated heterocycles. The van der Waals surface area contributed by atoms with Gasteiger partial charge in [-0.05, 0) is 12.1 Å². The molecule has 0 aliphatic heterocycles. The number of anilines is 1. The van der Waals surface area contributed by atoms with Gasteiger partial charge >= 0.3 is 0 Å². The maximum Gasteiger partial charge on any atom is 0.252 e. The summed E-state index contributed by atoms with van der Waals surface area (Å²) in [5.41, 5.74) is 9.27. The first-order valence-corrected chi connectivity index (χ1v) is 7.25. The summed E-state index contributed by atoms with van der Waals surface area (Å²) < 4.78 is 0. The standard InChI is InChI=1S/C17H15N5O/c1-19-14-11(17-20-6-7-21-17)8-10-9-4-2-3-5-12(9)22-15(10)13(14)16(18)23/h2-8,19,22H,1H3,(H2,18,23)(H,20,21). The Morgan fingerprint density at radius 3 is 2.78 bits per heavy atom. The van der Waals surface area contributed by atoms with Crippen LogP contribution in [0, 0.1) is 0 Å². The molecule has 114 valence electrons. The van der Waals surface area contributed by atoms with E-state index in [-0.39, 0.29) is 0 Å². The first kappa shape index (κ1) is 13.4. The molecule has 0 aliphatic rings. The summed E-state index contributed by atoms with van der Waals surface area (Å²) in [6, 6.07) is 9.94. The second-order valence-electron chi connectivity index (χ2n) is 5.32. The van der Waals surface area contributed by atoms with E-state index < -0.39 is 5.91 Å². The topological polar surface area (TPSA) is 99.6 Å². The Morgan fingerprint density at radius 2 is 2.09 bits per heavy atom. The van der Waals surface area contributed by atoms with Gasteiger partial charge < -0.3 is 21.0 Å². The summed E-state index contributed by atoms with van der Waals surface area (Å²) in [5.74, 6) is 0.198. The lowest BCUT2D eigenvalue weighted by Gasteiger charge is -2.13. The Hall–Kier alpha value is -3.28. The molecule has 0 saturated carbocycles. The fourth-order valence-electron chi connectivity index (χ4n) is 3.09. The van der Waals surface area contributed by atoms with Crippen LogP contribution in [0.25, 0.3) is 33.2 Å². The molecule has 5 N–H and O–H groups in total. The summed E-state index contributed by atoms with van der Waals surface area (Å²) in [6.45, 7) is 0. The zero-order chi connectivity index (χ0) is 16.0. The molecule has 0 radical (unpaired) electrons. The van der Waals surface area contributed by atoms with Crippen molar-refractivity contribution in [3.05, 3.63) is 48.3 Å². The van der Waals surface area contributed by atoms with Gasteiger partial charge in [0.25, 0.3) is 5.91 Å². The highest BCUT2D eigenvalue weighted by Gasteiger charge is 2.21. The van der Waals surface area contributed by atoms with Crippen molar-refractivity contribution in [1.82, 2.24) is 15.0 Å². The summed E-state index contributed by atoms with van der Waals surface area (Å²) in [7, 11) is 1.77. The van der Waals surface area contributed by atoms with Crippen molar-refractivity contribution in [1.29, 1.82) is 0 Å². The predicted octanol–water partition coefficient (Wildman–Crippen LogP) is 2.85. The van der Waals surface area contributed by atoms with E-state index in [1.54, 1.807) is 19.4 Å². The lowest BCUT2D eigenvalue weighted by Crippen LogP contribution is -2.15. The molecule has 4 aromatic rings. The number of benzene rings is 2. The zero-order valence-corrected chi connectivity index (χ0v) is 12.5. The molecule has 0 spiro atoms. The smallest absolute Gasteiger partial charge is 0.252 e. The molecule has 2 aromatic heterocycles. The van der Waals surface area contributed by atoms with E-state index in [1.807, 2.05) is 30.3 Å². The molecule has 0 unspecified atom stereocenters. The van der Waals surface area contributed by atoms with Crippen LogP contribution in [0.1, 0.15) is 10.4 Å². The number of hydrogen-bond acceptors (Lipinski definition) is 3. The van der Waals surface area contributed by atoms with E-state index in [2.05, 4.69) is 20.3 Å². The quantitative estimate of drug-likeness (QED) is 0.468. The first-order valence-electron chi connectivity index (χ1n) is 7.25. The SMILES string of the molecule is CNc1c(-c2ncc[nH]2)cc2c([nH]c3ccccc32)c1C(N)=O. The van der Waals surface area contributed by atoms with Crippen LogP contribution in [0.2, 0.25) is 0 Å². The minimum atomic E-state index is -0.487. The monoisotopic (exact) mass is 305 g/mol. The van der Waals surface area contributed by atoms with Gasteiger partial charge in [0.2, 0.25) is 0 Å². The minimum absolute atomic E-state index is 0.438. The highest BCUT2D eigenvalue weighted by atomic mass is 16.1. The molecule has 0 aliphatic carbocycles. The third kappa shape index (κ3) is 1.88. The van der Waals surface area contributed by atoms with Crippen molar-refractivity contribution >= 4 is 33.4 Å². The number of H-pyrrole nitrogens is 2. The van der Waals surface area contributed by atoms with E-state index >= 15 is 0 Å². The van der Waals surface area contributed by atoms with Crippen molar-refractivity contribution in [2.45, 2.75) is 0 Å². The summed E-state index contributed by atoms with van der Waals surface area (Å²) in [5, 5.41) is 5.08. The van der Waals surface area contributed by atoms with Crippen LogP contribution in [0.4, 0.5) is 5.69 Å². The van der Waals surface area contributed by atoms with Gasteiger partial charge in [-0.3, -0.25) is 4.79 Å². The molecule has 6 nitrogen and oxygen atoms in total. The average Bonchev–Trinajstić information content (AvgIpc) is 3.20. The maximum atomic E-state index is 12.1. The van der Waals surface area contributed by atoms with Crippen LogP contribution >= 0.6 is 0 Å². The second-order valence-corrected chi connectivity index (χ2v) is 5.32. The van der Waals surface area contributed by atoms with Crippen LogP contribution in [-0.2, 0) is 0 Å². The van der Waals surface area contributed by atoms with Gasteiger partial charge in [-0.15, -0.1) is 0 Å². The second kappa shape index (κ2) is 4.88. The highest BCUT2D eigenvalue weighted by Crippen LogP contribution is 2.38. The number of hydrogen-bond donors (Lipinski definition) is 4. The Labute approximate surface area is 131 Å². The third-order valence-electron chi connectivity index (χ3n) is 4.05. The molecular weight excluding hydrogens is 290 g/mol. The van der Waals surface area contributed by atoms with E-state index in [1.165, 1.54) is 0 Å². The normalized spacial score (nSPS) is 11.2. The van der Waals surface area contributed by atoms with Crippen LogP contribution in [0.3, 0.4) is 0 Å². The van der Waals surface area contributed by atoms with Gasteiger partial charge in [-0.25, -0.2) is 4.98 Å².